The highest BCUT2D eigenvalue weighted by atomic mass is 16.1. The quantitative estimate of drug-likeness (QED) is 0.809. The van der Waals surface area contributed by atoms with Crippen molar-refractivity contribution >= 4 is 5.69 Å². The number of aromatic nitrogens is 2. The Labute approximate surface area is 115 Å². The minimum Gasteiger partial charge on any atom is -0.376 e. The highest BCUT2D eigenvalue weighted by Crippen LogP contribution is 2.09. The molecule has 0 spiro atoms. The molecule has 0 fully saturated rings. The van der Waals surface area contributed by atoms with Crippen LogP contribution in [0.25, 0.3) is 0 Å². The summed E-state index contributed by atoms with van der Waals surface area (Å²) in [5.74, 6) is 0.516. The van der Waals surface area contributed by atoms with Crippen molar-refractivity contribution in [2.75, 3.05) is 25.5 Å². The molecule has 5 heteroatoms. The predicted molar refractivity (Wildman–Crippen MR) is 79.7 cm³/mol. The SMILES string of the molecule is CCNC(Cn1ncc(N(C)C)cc1=O)C(C)CC. The van der Waals surface area contributed by atoms with Crippen molar-refractivity contribution in [2.45, 2.75) is 39.8 Å². The fraction of sp³-hybridized carbons (Fsp3) is 0.714. The number of likely N-dealkylation sites (N-methyl/N-ethyl adjacent to an activating group) is 1. The first-order chi connectivity index (χ1) is 8.99. The zero-order valence-electron chi connectivity index (χ0n) is 12.7. The maximum atomic E-state index is 12.0. The number of hydrogen-bond acceptors (Lipinski definition) is 4. The summed E-state index contributed by atoms with van der Waals surface area (Å²) >= 11 is 0. The fourth-order valence-corrected chi connectivity index (χ4v) is 1.98. The van der Waals surface area contributed by atoms with E-state index in [9.17, 15) is 4.79 Å². The molecule has 2 unspecified atom stereocenters. The van der Waals surface area contributed by atoms with Gasteiger partial charge in [0.05, 0.1) is 18.4 Å². The van der Waals surface area contributed by atoms with Gasteiger partial charge in [0, 0.05) is 26.2 Å². The second-order valence-corrected chi connectivity index (χ2v) is 5.18. The van der Waals surface area contributed by atoms with Crippen LogP contribution in [0.1, 0.15) is 27.2 Å². The third-order valence-electron chi connectivity index (χ3n) is 3.54. The molecule has 0 aromatic carbocycles. The van der Waals surface area contributed by atoms with Gasteiger partial charge in [-0.1, -0.05) is 27.2 Å². The van der Waals surface area contributed by atoms with Gasteiger partial charge in [-0.2, -0.15) is 5.10 Å². The van der Waals surface area contributed by atoms with Crippen molar-refractivity contribution in [1.82, 2.24) is 15.1 Å². The lowest BCUT2D eigenvalue weighted by Gasteiger charge is -2.24. The second kappa shape index (κ2) is 7.28. The average molecular weight is 266 g/mol. The molecule has 0 aliphatic rings. The summed E-state index contributed by atoms with van der Waals surface area (Å²) in [5, 5.41) is 7.70. The summed E-state index contributed by atoms with van der Waals surface area (Å²) in [6.07, 6.45) is 2.82. The Balaban J connectivity index is 2.88. The third-order valence-corrected chi connectivity index (χ3v) is 3.54. The van der Waals surface area contributed by atoms with Crippen LogP contribution in [-0.2, 0) is 6.54 Å². The van der Waals surface area contributed by atoms with Crippen molar-refractivity contribution in [3.8, 4) is 0 Å². The summed E-state index contributed by atoms with van der Waals surface area (Å²) in [4.78, 5) is 13.9. The third kappa shape index (κ3) is 4.35. The van der Waals surface area contributed by atoms with Crippen LogP contribution in [0.2, 0.25) is 0 Å². The van der Waals surface area contributed by atoms with Gasteiger partial charge in [-0.05, 0) is 12.5 Å². The maximum Gasteiger partial charge on any atom is 0.268 e. The Bertz CT molecular complexity index is 441. The highest BCUT2D eigenvalue weighted by molar-refractivity contribution is 5.40. The van der Waals surface area contributed by atoms with Crippen molar-refractivity contribution in [3.63, 3.8) is 0 Å². The fourth-order valence-electron chi connectivity index (χ4n) is 1.98. The topological polar surface area (TPSA) is 50.2 Å². The minimum atomic E-state index is -0.0441. The van der Waals surface area contributed by atoms with Crippen LogP contribution in [0.4, 0.5) is 5.69 Å². The second-order valence-electron chi connectivity index (χ2n) is 5.18. The van der Waals surface area contributed by atoms with Crippen molar-refractivity contribution < 1.29 is 0 Å². The average Bonchev–Trinajstić information content (AvgIpc) is 2.39. The van der Waals surface area contributed by atoms with Gasteiger partial charge in [0.15, 0.2) is 0 Å². The van der Waals surface area contributed by atoms with Crippen LogP contribution in [0.5, 0.6) is 0 Å². The molecule has 19 heavy (non-hydrogen) atoms. The van der Waals surface area contributed by atoms with Gasteiger partial charge in [0.25, 0.3) is 5.56 Å². The highest BCUT2D eigenvalue weighted by Gasteiger charge is 2.16. The van der Waals surface area contributed by atoms with Gasteiger partial charge in [-0.25, -0.2) is 4.68 Å². The van der Waals surface area contributed by atoms with Gasteiger partial charge in [0.2, 0.25) is 0 Å². The lowest BCUT2D eigenvalue weighted by molar-refractivity contribution is 0.318. The molecule has 0 amide bonds. The number of anilines is 1. The molecule has 1 rings (SSSR count). The first-order valence-corrected chi connectivity index (χ1v) is 6.97. The van der Waals surface area contributed by atoms with Crippen LogP contribution in [0.15, 0.2) is 17.1 Å². The summed E-state index contributed by atoms with van der Waals surface area (Å²) < 4.78 is 1.55. The van der Waals surface area contributed by atoms with E-state index in [1.807, 2.05) is 19.0 Å². The summed E-state index contributed by atoms with van der Waals surface area (Å²) in [5.41, 5.74) is 0.794. The number of nitrogens with zero attached hydrogens (tertiary/aromatic N) is 3. The normalized spacial score (nSPS) is 14.2. The monoisotopic (exact) mass is 266 g/mol. The molecular formula is C14H26N4O. The van der Waals surface area contributed by atoms with Gasteiger partial charge in [0.1, 0.15) is 0 Å². The van der Waals surface area contributed by atoms with Crippen molar-refractivity contribution in [2.24, 2.45) is 5.92 Å². The molecule has 0 aliphatic carbocycles. The van der Waals surface area contributed by atoms with Gasteiger partial charge in [-0.3, -0.25) is 4.79 Å². The standard InChI is InChI=1S/C14H26N4O/c1-6-11(3)13(15-7-2)10-18-14(19)8-12(9-16-18)17(4)5/h8-9,11,13,15H,6-7,10H2,1-5H3. The maximum absolute atomic E-state index is 12.0. The molecular weight excluding hydrogens is 240 g/mol. The van der Waals surface area contributed by atoms with Crippen molar-refractivity contribution in [1.29, 1.82) is 0 Å². The first-order valence-electron chi connectivity index (χ1n) is 6.97. The van der Waals surface area contributed by atoms with Gasteiger partial charge in [-0.15, -0.1) is 0 Å². The van der Waals surface area contributed by atoms with Crippen LogP contribution >= 0.6 is 0 Å². The molecule has 0 saturated heterocycles. The van der Waals surface area contributed by atoms with E-state index in [2.05, 4.69) is 31.2 Å². The molecule has 0 saturated carbocycles. The molecule has 1 aromatic rings. The molecule has 2 atom stereocenters. The van der Waals surface area contributed by atoms with E-state index in [1.165, 1.54) is 0 Å². The Morgan fingerprint density at radius 3 is 2.58 bits per heavy atom. The van der Waals surface area contributed by atoms with E-state index in [0.29, 0.717) is 12.5 Å². The lowest BCUT2D eigenvalue weighted by Crippen LogP contribution is -2.41. The Kier molecular flexibility index (Phi) is 6.02. The molecule has 0 radical (unpaired) electrons. The Morgan fingerprint density at radius 2 is 2.11 bits per heavy atom. The van der Waals surface area contributed by atoms with Crippen LogP contribution in [-0.4, -0.2) is 36.5 Å². The van der Waals surface area contributed by atoms with E-state index >= 15 is 0 Å². The molecule has 1 heterocycles. The van der Waals surface area contributed by atoms with Gasteiger partial charge < -0.3 is 10.2 Å². The number of rotatable bonds is 7. The van der Waals surface area contributed by atoms with E-state index in [4.69, 9.17) is 0 Å². The summed E-state index contributed by atoms with van der Waals surface area (Å²) in [6.45, 7) is 7.97. The molecule has 1 N–H and O–H groups in total. The lowest BCUT2D eigenvalue weighted by atomic mass is 9.99. The Hall–Kier alpha value is -1.36. The molecule has 5 nitrogen and oxygen atoms in total. The van der Waals surface area contributed by atoms with E-state index < -0.39 is 0 Å². The zero-order valence-corrected chi connectivity index (χ0v) is 12.7. The van der Waals surface area contributed by atoms with Crippen LogP contribution in [0.3, 0.4) is 0 Å². The van der Waals surface area contributed by atoms with E-state index in [0.717, 1.165) is 18.7 Å². The first kappa shape index (κ1) is 15.7. The largest absolute Gasteiger partial charge is 0.376 e. The summed E-state index contributed by atoms with van der Waals surface area (Å²) in [7, 11) is 3.81. The molecule has 0 aliphatic heterocycles. The predicted octanol–water partition coefficient (Wildman–Crippen LogP) is 1.33. The van der Waals surface area contributed by atoms with Crippen molar-refractivity contribution in [3.05, 3.63) is 22.6 Å². The van der Waals surface area contributed by atoms with Crippen LogP contribution < -0.4 is 15.8 Å². The zero-order chi connectivity index (χ0) is 14.4. The van der Waals surface area contributed by atoms with Gasteiger partial charge >= 0.3 is 0 Å². The summed E-state index contributed by atoms with van der Waals surface area (Å²) in [6, 6.07) is 1.91. The molecule has 108 valence electrons. The number of nitrogens with one attached hydrogen (secondary N) is 1. The Morgan fingerprint density at radius 1 is 1.42 bits per heavy atom. The number of hydrogen-bond donors (Lipinski definition) is 1. The van der Waals surface area contributed by atoms with E-state index in [-0.39, 0.29) is 11.6 Å². The van der Waals surface area contributed by atoms with Crippen LogP contribution in [0, 0.1) is 5.92 Å². The smallest absolute Gasteiger partial charge is 0.268 e. The molecule has 0 bridgehead atoms. The molecule has 1 aromatic heterocycles. The minimum absolute atomic E-state index is 0.0441. The van der Waals surface area contributed by atoms with E-state index in [1.54, 1.807) is 16.9 Å².